The molecular formula is C18H24N4O2S. The van der Waals surface area contributed by atoms with Crippen LogP contribution in [-0.4, -0.2) is 27.6 Å². The van der Waals surface area contributed by atoms with Crippen LogP contribution in [0.25, 0.3) is 0 Å². The number of aromatic amines is 1. The van der Waals surface area contributed by atoms with Gasteiger partial charge in [-0.1, -0.05) is 18.2 Å². The first-order valence-corrected chi connectivity index (χ1v) is 9.38. The highest BCUT2D eigenvalue weighted by atomic mass is 32.2. The lowest BCUT2D eigenvalue weighted by molar-refractivity contribution is 0.0635. The van der Waals surface area contributed by atoms with E-state index in [2.05, 4.69) is 45.1 Å². The largest absolute Gasteiger partial charge is 0.444 e. The summed E-state index contributed by atoms with van der Waals surface area (Å²) in [5.41, 5.74) is 1.71. The fourth-order valence-electron chi connectivity index (χ4n) is 2.75. The van der Waals surface area contributed by atoms with Gasteiger partial charge in [-0.05, 0) is 44.6 Å². The van der Waals surface area contributed by atoms with Crippen LogP contribution >= 0.6 is 11.8 Å². The quantitative estimate of drug-likeness (QED) is 0.765. The van der Waals surface area contributed by atoms with Gasteiger partial charge in [0.2, 0.25) is 0 Å². The molecule has 134 valence electrons. The first-order valence-electron chi connectivity index (χ1n) is 8.40. The number of anilines is 1. The van der Waals surface area contributed by atoms with E-state index in [1.807, 2.05) is 32.5 Å². The number of fused-ring (bicyclic) bond motifs is 1. The van der Waals surface area contributed by atoms with Crippen molar-refractivity contribution in [1.82, 2.24) is 15.5 Å². The molecule has 25 heavy (non-hydrogen) atoms. The first kappa shape index (κ1) is 17.8. The van der Waals surface area contributed by atoms with Crippen molar-refractivity contribution in [2.75, 3.05) is 11.1 Å². The highest BCUT2D eigenvalue weighted by Gasteiger charge is 2.21. The van der Waals surface area contributed by atoms with E-state index >= 15 is 0 Å². The molecule has 6 nitrogen and oxygen atoms in total. The van der Waals surface area contributed by atoms with Gasteiger partial charge in [0.05, 0.1) is 6.20 Å². The Balaban J connectivity index is 1.62. The van der Waals surface area contributed by atoms with Crippen molar-refractivity contribution >= 4 is 23.7 Å². The lowest BCUT2D eigenvalue weighted by Crippen LogP contribution is -2.28. The van der Waals surface area contributed by atoms with Gasteiger partial charge in [0.1, 0.15) is 11.4 Å². The maximum absolute atomic E-state index is 11.9. The summed E-state index contributed by atoms with van der Waals surface area (Å²) in [6.45, 7) is 6.12. The van der Waals surface area contributed by atoms with Crippen LogP contribution in [0, 0.1) is 0 Å². The normalized spacial score (nSPS) is 17.0. The third-order valence-corrected chi connectivity index (χ3v) is 4.96. The number of thioether (sulfide) groups is 1. The van der Waals surface area contributed by atoms with Crippen LogP contribution in [0.3, 0.4) is 0 Å². The molecule has 1 atom stereocenters. The number of benzene rings is 1. The maximum atomic E-state index is 11.9. The maximum Gasteiger partial charge on any atom is 0.413 e. The summed E-state index contributed by atoms with van der Waals surface area (Å²) in [4.78, 5) is 13.3. The fourth-order valence-corrected chi connectivity index (χ4v) is 3.87. The first-order chi connectivity index (χ1) is 11.9. The van der Waals surface area contributed by atoms with Crippen molar-refractivity contribution in [2.24, 2.45) is 0 Å². The molecule has 1 aliphatic rings. The number of carbonyl (C=O) groups excluding carboxylic acids is 1. The van der Waals surface area contributed by atoms with Crippen molar-refractivity contribution in [1.29, 1.82) is 0 Å². The Morgan fingerprint density at radius 3 is 3.00 bits per heavy atom. The Kier molecular flexibility index (Phi) is 5.34. The van der Waals surface area contributed by atoms with Gasteiger partial charge in [0.25, 0.3) is 0 Å². The van der Waals surface area contributed by atoms with Gasteiger partial charge in [0.15, 0.2) is 0 Å². The van der Waals surface area contributed by atoms with Crippen LogP contribution in [-0.2, 0) is 11.3 Å². The van der Waals surface area contributed by atoms with Gasteiger partial charge >= 0.3 is 6.09 Å². The molecular weight excluding hydrogens is 336 g/mol. The minimum atomic E-state index is -0.536. The van der Waals surface area contributed by atoms with E-state index in [1.165, 1.54) is 10.5 Å². The number of H-pyrrole nitrogens is 1. The smallest absolute Gasteiger partial charge is 0.413 e. The minimum Gasteiger partial charge on any atom is -0.444 e. The van der Waals surface area contributed by atoms with Gasteiger partial charge in [-0.15, -0.1) is 11.8 Å². The van der Waals surface area contributed by atoms with Gasteiger partial charge in [0, 0.05) is 23.0 Å². The molecule has 2 heterocycles. The Hall–Kier alpha value is -1.99. The summed E-state index contributed by atoms with van der Waals surface area (Å²) < 4.78 is 5.29. The molecule has 2 aromatic rings. The van der Waals surface area contributed by atoms with Crippen LogP contribution in [0.15, 0.2) is 35.4 Å². The van der Waals surface area contributed by atoms with E-state index in [0.29, 0.717) is 18.4 Å². The highest BCUT2D eigenvalue weighted by Crippen LogP contribution is 2.36. The standard InChI is InChI=1S/C18H24N4O2S/c1-18(2,3)24-17(23)21-16-12(11-20-22-16)10-19-14-8-9-25-15-7-5-4-6-13(14)15/h4-7,11,14,19H,8-10H2,1-3H3,(H2,20,21,22,23). The van der Waals surface area contributed by atoms with Gasteiger partial charge in [-0.3, -0.25) is 10.4 Å². The minimum absolute atomic E-state index is 0.307. The molecule has 0 aliphatic carbocycles. The molecule has 3 rings (SSSR count). The van der Waals surface area contributed by atoms with E-state index in [1.54, 1.807) is 6.20 Å². The molecule has 0 spiro atoms. The number of carbonyl (C=O) groups is 1. The second-order valence-corrected chi connectivity index (χ2v) is 8.14. The van der Waals surface area contributed by atoms with Crippen molar-refractivity contribution in [2.45, 2.75) is 50.3 Å². The van der Waals surface area contributed by atoms with Crippen LogP contribution in [0.4, 0.5) is 10.6 Å². The van der Waals surface area contributed by atoms with Gasteiger partial charge in [-0.2, -0.15) is 5.10 Å². The summed E-state index contributed by atoms with van der Waals surface area (Å²) in [6, 6.07) is 8.80. The fraction of sp³-hybridized carbons (Fsp3) is 0.444. The van der Waals surface area contributed by atoms with Crippen molar-refractivity contribution in [3.05, 3.63) is 41.6 Å². The summed E-state index contributed by atoms with van der Waals surface area (Å²) in [5.74, 6) is 1.67. The number of nitrogens with one attached hydrogen (secondary N) is 3. The summed E-state index contributed by atoms with van der Waals surface area (Å²) in [7, 11) is 0. The predicted octanol–water partition coefficient (Wildman–Crippen LogP) is 4.08. The molecule has 0 radical (unpaired) electrons. The SMILES string of the molecule is CC(C)(C)OC(=O)Nc1[nH]ncc1CNC1CCSc2ccccc21. The number of rotatable bonds is 4. The average molecular weight is 360 g/mol. The molecule has 1 aliphatic heterocycles. The number of aromatic nitrogens is 2. The van der Waals surface area contributed by atoms with Crippen LogP contribution in [0.1, 0.15) is 44.4 Å². The zero-order valence-corrected chi connectivity index (χ0v) is 15.6. The lowest BCUT2D eigenvalue weighted by Gasteiger charge is -2.26. The Morgan fingerprint density at radius 2 is 2.20 bits per heavy atom. The Morgan fingerprint density at radius 1 is 1.40 bits per heavy atom. The van der Waals surface area contributed by atoms with Crippen molar-refractivity contribution in [3.63, 3.8) is 0 Å². The number of hydrogen-bond donors (Lipinski definition) is 3. The molecule has 1 unspecified atom stereocenters. The van der Waals surface area contributed by atoms with Crippen molar-refractivity contribution < 1.29 is 9.53 Å². The van der Waals surface area contributed by atoms with Crippen molar-refractivity contribution in [3.8, 4) is 0 Å². The zero-order chi connectivity index (χ0) is 17.9. The number of nitrogens with zero attached hydrogens (tertiary/aromatic N) is 1. The third kappa shape index (κ3) is 4.76. The van der Waals surface area contributed by atoms with Crippen LogP contribution < -0.4 is 10.6 Å². The third-order valence-electron chi connectivity index (χ3n) is 3.84. The molecule has 3 N–H and O–H groups in total. The van der Waals surface area contributed by atoms with E-state index in [-0.39, 0.29) is 0 Å². The second kappa shape index (κ2) is 7.49. The second-order valence-electron chi connectivity index (χ2n) is 7.01. The predicted molar refractivity (Wildman–Crippen MR) is 99.8 cm³/mol. The molecule has 0 saturated carbocycles. The molecule has 1 amide bonds. The number of amides is 1. The average Bonchev–Trinajstić information content (AvgIpc) is 2.98. The topological polar surface area (TPSA) is 79.0 Å². The van der Waals surface area contributed by atoms with Crippen LogP contribution in [0.2, 0.25) is 0 Å². The van der Waals surface area contributed by atoms with E-state index in [4.69, 9.17) is 4.74 Å². The zero-order valence-electron chi connectivity index (χ0n) is 14.8. The monoisotopic (exact) mass is 360 g/mol. The van der Waals surface area contributed by atoms with Gasteiger partial charge < -0.3 is 10.1 Å². The highest BCUT2D eigenvalue weighted by molar-refractivity contribution is 7.99. The van der Waals surface area contributed by atoms with Gasteiger partial charge in [-0.25, -0.2) is 4.79 Å². The van der Waals surface area contributed by atoms with E-state index < -0.39 is 11.7 Å². The Labute approximate surface area is 152 Å². The summed E-state index contributed by atoms with van der Waals surface area (Å²) in [5, 5.41) is 13.2. The summed E-state index contributed by atoms with van der Waals surface area (Å²) >= 11 is 1.90. The van der Waals surface area contributed by atoms with E-state index in [0.717, 1.165) is 17.7 Å². The molecule has 7 heteroatoms. The summed E-state index contributed by atoms with van der Waals surface area (Å²) in [6.07, 6.45) is 2.31. The molecule has 1 aromatic heterocycles. The lowest BCUT2D eigenvalue weighted by atomic mass is 10.0. The van der Waals surface area contributed by atoms with E-state index in [9.17, 15) is 4.79 Å². The molecule has 0 fully saturated rings. The molecule has 0 saturated heterocycles. The molecule has 1 aromatic carbocycles. The Bertz CT molecular complexity index is 739. The van der Waals surface area contributed by atoms with Crippen LogP contribution in [0.5, 0.6) is 0 Å². The number of ether oxygens (including phenoxy) is 1. The number of hydrogen-bond acceptors (Lipinski definition) is 5. The molecule has 0 bridgehead atoms.